The van der Waals surface area contributed by atoms with E-state index in [2.05, 4.69) is 10.2 Å². The van der Waals surface area contributed by atoms with Gasteiger partial charge in [-0.2, -0.15) is 5.10 Å². The molecular weight excluding hydrogens is 289 g/mol. The summed E-state index contributed by atoms with van der Waals surface area (Å²) in [6.45, 7) is 1.11. The van der Waals surface area contributed by atoms with Gasteiger partial charge in [-0.15, -0.1) is 0 Å². The number of aromatic amines is 1. The van der Waals surface area contributed by atoms with E-state index >= 15 is 0 Å². The second kappa shape index (κ2) is 6.57. The van der Waals surface area contributed by atoms with Crippen LogP contribution in [-0.4, -0.2) is 47.4 Å². The Morgan fingerprint density at radius 3 is 3.09 bits per heavy atom. The van der Waals surface area contributed by atoms with Crippen LogP contribution in [0.15, 0.2) is 36.5 Å². The summed E-state index contributed by atoms with van der Waals surface area (Å²) in [7, 11) is 0. The van der Waals surface area contributed by atoms with Crippen molar-refractivity contribution in [1.82, 2.24) is 15.1 Å². The summed E-state index contributed by atoms with van der Waals surface area (Å²) in [5, 5.41) is 6.75. The van der Waals surface area contributed by atoms with Gasteiger partial charge in [-0.25, -0.2) is 4.39 Å². The third-order valence-electron chi connectivity index (χ3n) is 3.52. The molecule has 1 saturated heterocycles. The maximum Gasteiger partial charge on any atom is 0.261 e. The zero-order valence-corrected chi connectivity index (χ0v) is 11.9. The second-order valence-electron chi connectivity index (χ2n) is 4.91. The third-order valence-corrected chi connectivity index (χ3v) is 3.52. The molecule has 1 N–H and O–H groups in total. The molecule has 1 unspecified atom stereocenters. The Kier molecular flexibility index (Phi) is 4.34. The lowest BCUT2D eigenvalue weighted by atomic mass is 10.1. The van der Waals surface area contributed by atoms with E-state index in [-0.39, 0.29) is 24.3 Å². The third kappa shape index (κ3) is 3.09. The van der Waals surface area contributed by atoms with Crippen LogP contribution in [-0.2, 0) is 9.53 Å². The van der Waals surface area contributed by atoms with Crippen molar-refractivity contribution < 1.29 is 18.7 Å². The normalized spacial score (nSPS) is 18.2. The van der Waals surface area contributed by atoms with Crippen molar-refractivity contribution in [2.75, 3.05) is 26.4 Å². The Bertz CT molecular complexity index is 633. The van der Waals surface area contributed by atoms with E-state index in [0.29, 0.717) is 19.8 Å². The van der Waals surface area contributed by atoms with Gasteiger partial charge in [0.25, 0.3) is 5.91 Å². The van der Waals surface area contributed by atoms with Gasteiger partial charge in [-0.05, 0) is 18.2 Å². The van der Waals surface area contributed by atoms with Crippen molar-refractivity contribution in [3.05, 3.63) is 48.0 Å². The minimum absolute atomic E-state index is 0.0715. The van der Waals surface area contributed by atoms with Crippen LogP contribution in [0.25, 0.3) is 0 Å². The van der Waals surface area contributed by atoms with Crippen molar-refractivity contribution in [1.29, 1.82) is 0 Å². The number of hydrogen-bond acceptors (Lipinski definition) is 4. The Balaban J connectivity index is 1.66. The fraction of sp³-hybridized carbons (Fsp3) is 0.333. The summed E-state index contributed by atoms with van der Waals surface area (Å²) in [5.74, 6) is -0.629. The number of nitrogens with zero attached hydrogens (tertiary/aromatic N) is 2. The summed E-state index contributed by atoms with van der Waals surface area (Å²) in [6.07, 6.45) is 1.63. The average molecular weight is 305 g/mol. The van der Waals surface area contributed by atoms with Crippen LogP contribution in [0.2, 0.25) is 0 Å². The fourth-order valence-corrected chi connectivity index (χ4v) is 2.40. The van der Waals surface area contributed by atoms with Crippen LogP contribution in [0.1, 0.15) is 11.7 Å². The number of amides is 1. The van der Waals surface area contributed by atoms with Gasteiger partial charge in [0.2, 0.25) is 0 Å². The SMILES string of the molecule is O=C(COc1ccccc1F)N1CCOCC1c1ccn[nH]1. The lowest BCUT2D eigenvalue weighted by Gasteiger charge is -2.34. The second-order valence-corrected chi connectivity index (χ2v) is 4.91. The number of halogens is 1. The molecule has 1 aliphatic heterocycles. The molecule has 0 bridgehead atoms. The predicted molar refractivity (Wildman–Crippen MR) is 75.8 cm³/mol. The van der Waals surface area contributed by atoms with Gasteiger partial charge in [-0.3, -0.25) is 9.89 Å². The topological polar surface area (TPSA) is 67.4 Å². The van der Waals surface area contributed by atoms with Crippen LogP contribution in [0, 0.1) is 5.82 Å². The lowest BCUT2D eigenvalue weighted by molar-refractivity contribution is -0.142. The highest BCUT2D eigenvalue weighted by atomic mass is 19.1. The molecule has 3 rings (SSSR count). The predicted octanol–water partition coefficient (Wildman–Crippen LogP) is 1.53. The van der Waals surface area contributed by atoms with Gasteiger partial charge in [0, 0.05) is 12.7 Å². The first kappa shape index (κ1) is 14.5. The maximum absolute atomic E-state index is 13.5. The summed E-state index contributed by atoms with van der Waals surface area (Å²) in [5.41, 5.74) is 0.805. The summed E-state index contributed by atoms with van der Waals surface area (Å²) in [4.78, 5) is 14.0. The number of nitrogens with one attached hydrogen (secondary N) is 1. The molecule has 0 saturated carbocycles. The number of morpholine rings is 1. The van der Waals surface area contributed by atoms with Crippen molar-refractivity contribution >= 4 is 5.91 Å². The maximum atomic E-state index is 13.5. The van der Waals surface area contributed by atoms with Crippen molar-refractivity contribution in [2.24, 2.45) is 0 Å². The summed E-state index contributed by atoms with van der Waals surface area (Å²) < 4.78 is 24.2. The molecule has 1 amide bonds. The Hall–Kier alpha value is -2.41. The highest BCUT2D eigenvalue weighted by Crippen LogP contribution is 2.23. The first-order chi connectivity index (χ1) is 10.8. The highest BCUT2D eigenvalue weighted by Gasteiger charge is 2.29. The standard InChI is InChI=1S/C15H16FN3O3/c16-11-3-1-2-4-14(11)22-10-15(20)19-7-8-21-9-13(19)12-5-6-17-18-12/h1-6,13H,7-10H2,(H,17,18). The molecule has 116 valence electrons. The van der Waals surface area contributed by atoms with E-state index in [4.69, 9.17) is 9.47 Å². The molecule has 7 heteroatoms. The molecule has 0 spiro atoms. The molecule has 6 nitrogen and oxygen atoms in total. The van der Waals surface area contributed by atoms with E-state index < -0.39 is 5.82 Å². The van der Waals surface area contributed by atoms with Gasteiger partial charge >= 0.3 is 0 Å². The summed E-state index contributed by atoms with van der Waals surface area (Å²) >= 11 is 0. The number of carbonyl (C=O) groups is 1. The van der Waals surface area contributed by atoms with Gasteiger partial charge < -0.3 is 14.4 Å². The molecule has 2 aromatic rings. The zero-order valence-electron chi connectivity index (χ0n) is 11.9. The number of hydrogen-bond donors (Lipinski definition) is 1. The molecule has 0 aliphatic carbocycles. The number of para-hydroxylation sites is 1. The van der Waals surface area contributed by atoms with E-state index in [0.717, 1.165) is 5.69 Å². The molecule has 0 radical (unpaired) electrons. The molecule has 2 heterocycles. The minimum atomic E-state index is -0.484. The monoisotopic (exact) mass is 305 g/mol. The first-order valence-corrected chi connectivity index (χ1v) is 6.99. The smallest absolute Gasteiger partial charge is 0.261 e. The molecule has 1 aliphatic rings. The number of H-pyrrole nitrogens is 1. The highest BCUT2D eigenvalue weighted by molar-refractivity contribution is 5.78. The molecule has 1 aromatic heterocycles. The molecule has 22 heavy (non-hydrogen) atoms. The average Bonchev–Trinajstić information content (AvgIpc) is 3.08. The Labute approximate surface area is 126 Å². The van der Waals surface area contributed by atoms with Crippen molar-refractivity contribution in [3.63, 3.8) is 0 Å². The van der Waals surface area contributed by atoms with Crippen LogP contribution in [0.4, 0.5) is 4.39 Å². The van der Waals surface area contributed by atoms with Crippen LogP contribution in [0.5, 0.6) is 5.75 Å². The fourth-order valence-electron chi connectivity index (χ4n) is 2.40. The van der Waals surface area contributed by atoms with E-state index in [1.54, 1.807) is 29.3 Å². The number of ether oxygens (including phenoxy) is 2. The number of benzene rings is 1. The molecule has 1 fully saturated rings. The van der Waals surface area contributed by atoms with Crippen LogP contribution in [0.3, 0.4) is 0 Å². The molecular formula is C15H16FN3O3. The van der Waals surface area contributed by atoms with E-state index in [1.807, 2.05) is 0 Å². The summed E-state index contributed by atoms with van der Waals surface area (Å²) in [6, 6.07) is 7.59. The quantitative estimate of drug-likeness (QED) is 0.930. The van der Waals surface area contributed by atoms with Crippen LogP contribution >= 0.6 is 0 Å². The number of aromatic nitrogens is 2. The van der Waals surface area contributed by atoms with Crippen molar-refractivity contribution in [3.8, 4) is 5.75 Å². The largest absolute Gasteiger partial charge is 0.481 e. The van der Waals surface area contributed by atoms with E-state index in [1.165, 1.54) is 12.1 Å². The van der Waals surface area contributed by atoms with Gasteiger partial charge in [0.1, 0.15) is 0 Å². The van der Waals surface area contributed by atoms with Gasteiger partial charge in [-0.1, -0.05) is 12.1 Å². The lowest BCUT2D eigenvalue weighted by Crippen LogP contribution is -2.45. The van der Waals surface area contributed by atoms with Crippen LogP contribution < -0.4 is 4.74 Å². The van der Waals surface area contributed by atoms with Gasteiger partial charge in [0.15, 0.2) is 18.2 Å². The minimum Gasteiger partial charge on any atom is -0.481 e. The number of carbonyl (C=O) groups excluding carboxylic acids is 1. The molecule has 1 atom stereocenters. The van der Waals surface area contributed by atoms with Crippen molar-refractivity contribution in [2.45, 2.75) is 6.04 Å². The Morgan fingerprint density at radius 1 is 1.45 bits per heavy atom. The Morgan fingerprint density at radius 2 is 2.32 bits per heavy atom. The van der Waals surface area contributed by atoms with E-state index in [9.17, 15) is 9.18 Å². The first-order valence-electron chi connectivity index (χ1n) is 6.99. The number of rotatable bonds is 4. The van der Waals surface area contributed by atoms with Gasteiger partial charge in [0.05, 0.1) is 24.9 Å². The molecule has 1 aromatic carbocycles. The zero-order chi connectivity index (χ0) is 15.4.